The first kappa shape index (κ1) is 24.4. The number of amides is 2. The third-order valence-electron chi connectivity index (χ3n) is 6.46. The molecule has 188 valence electrons. The predicted octanol–water partition coefficient (Wildman–Crippen LogP) is 3.75. The van der Waals surface area contributed by atoms with E-state index in [9.17, 15) is 14.0 Å². The molecule has 0 spiro atoms. The molecule has 0 radical (unpaired) electrons. The van der Waals surface area contributed by atoms with E-state index in [1.165, 1.54) is 18.1 Å². The lowest BCUT2D eigenvalue weighted by atomic mass is 10.1. The molecule has 2 aliphatic rings. The van der Waals surface area contributed by atoms with E-state index >= 15 is 0 Å². The maximum absolute atomic E-state index is 14.3. The second-order valence-corrected chi connectivity index (χ2v) is 8.78. The Morgan fingerprint density at radius 3 is 2.24 bits per heavy atom. The summed E-state index contributed by atoms with van der Waals surface area (Å²) in [5.74, 6) is -1.01. The molecule has 3 aromatic rings. The summed E-state index contributed by atoms with van der Waals surface area (Å²) in [5, 5.41) is 9.14. The highest BCUT2D eigenvalue weighted by molar-refractivity contribution is 6.21. The van der Waals surface area contributed by atoms with Crippen molar-refractivity contribution < 1.29 is 28.2 Å². The van der Waals surface area contributed by atoms with Crippen LogP contribution in [0.4, 0.5) is 10.1 Å². The minimum Gasteiger partial charge on any atom is -0.494 e. The van der Waals surface area contributed by atoms with Crippen LogP contribution >= 0.6 is 0 Å². The molecule has 0 atom stereocenters. The van der Waals surface area contributed by atoms with Crippen LogP contribution in [-0.4, -0.2) is 55.9 Å². The van der Waals surface area contributed by atoms with E-state index in [0.717, 1.165) is 5.69 Å². The lowest BCUT2D eigenvalue weighted by molar-refractivity contribution is -0.191. The van der Waals surface area contributed by atoms with Gasteiger partial charge in [-0.25, -0.2) is 4.39 Å². The van der Waals surface area contributed by atoms with Crippen LogP contribution in [0.2, 0.25) is 0 Å². The number of rotatable bonds is 7. The summed E-state index contributed by atoms with van der Waals surface area (Å²) >= 11 is 0. The number of imide groups is 1. The first-order valence-electron chi connectivity index (χ1n) is 11.8. The number of halogens is 1. The van der Waals surface area contributed by atoms with Gasteiger partial charge in [0.25, 0.3) is 11.8 Å². The van der Waals surface area contributed by atoms with Crippen molar-refractivity contribution in [3.8, 4) is 11.8 Å². The SMILES string of the molecule is COc1ccc(CN(C[C@H]2OC[C@H](N3C(=O)c4ccccc4C3=O)CO2)c2ccc(C#N)cc2)cc1F. The number of fused-ring (bicyclic) bond motifs is 1. The summed E-state index contributed by atoms with van der Waals surface area (Å²) in [4.78, 5) is 28.8. The van der Waals surface area contributed by atoms with Crippen LogP contribution < -0.4 is 9.64 Å². The molecule has 0 N–H and O–H groups in total. The fourth-order valence-corrected chi connectivity index (χ4v) is 4.54. The number of hydrogen-bond acceptors (Lipinski definition) is 7. The number of hydrogen-bond donors (Lipinski definition) is 0. The number of nitriles is 1. The number of carbonyl (C=O) groups is 2. The molecule has 2 aliphatic heterocycles. The summed E-state index contributed by atoms with van der Waals surface area (Å²) in [7, 11) is 1.41. The van der Waals surface area contributed by atoms with Gasteiger partial charge in [-0.3, -0.25) is 14.5 Å². The summed E-state index contributed by atoms with van der Waals surface area (Å²) in [5.41, 5.74) is 2.79. The van der Waals surface area contributed by atoms with E-state index in [-0.39, 0.29) is 30.8 Å². The van der Waals surface area contributed by atoms with Gasteiger partial charge >= 0.3 is 0 Å². The van der Waals surface area contributed by atoms with E-state index in [1.54, 1.807) is 48.5 Å². The molecule has 2 amide bonds. The van der Waals surface area contributed by atoms with E-state index < -0.39 is 18.1 Å². The van der Waals surface area contributed by atoms with Crippen LogP contribution in [0.1, 0.15) is 31.8 Å². The minimum atomic E-state index is -0.648. The van der Waals surface area contributed by atoms with E-state index in [4.69, 9.17) is 19.5 Å². The van der Waals surface area contributed by atoms with E-state index in [0.29, 0.717) is 35.3 Å². The van der Waals surface area contributed by atoms with Gasteiger partial charge < -0.3 is 19.1 Å². The predicted molar refractivity (Wildman–Crippen MR) is 132 cm³/mol. The molecule has 0 aliphatic carbocycles. The zero-order valence-electron chi connectivity index (χ0n) is 20.1. The summed E-state index contributed by atoms with van der Waals surface area (Å²) < 4.78 is 31.2. The number of anilines is 1. The smallest absolute Gasteiger partial charge is 0.261 e. The van der Waals surface area contributed by atoms with Crippen molar-refractivity contribution in [2.45, 2.75) is 18.9 Å². The summed E-state index contributed by atoms with van der Waals surface area (Å²) in [6.45, 7) is 0.912. The molecule has 0 bridgehead atoms. The molecule has 0 unspecified atom stereocenters. The first-order valence-corrected chi connectivity index (χ1v) is 11.8. The number of methoxy groups -OCH3 is 1. The number of nitrogens with zero attached hydrogens (tertiary/aromatic N) is 3. The zero-order chi connectivity index (χ0) is 25.9. The number of carbonyl (C=O) groups excluding carboxylic acids is 2. The zero-order valence-corrected chi connectivity index (χ0v) is 20.1. The van der Waals surface area contributed by atoms with Gasteiger partial charge in [-0.05, 0) is 54.1 Å². The maximum Gasteiger partial charge on any atom is 0.261 e. The van der Waals surface area contributed by atoms with Gasteiger partial charge in [0.2, 0.25) is 0 Å². The van der Waals surface area contributed by atoms with Crippen molar-refractivity contribution >= 4 is 17.5 Å². The van der Waals surface area contributed by atoms with Crippen LogP contribution in [0.5, 0.6) is 5.75 Å². The Morgan fingerprint density at radius 2 is 1.68 bits per heavy atom. The average Bonchev–Trinajstić information content (AvgIpc) is 3.18. The molecule has 1 fully saturated rings. The highest BCUT2D eigenvalue weighted by Gasteiger charge is 2.41. The van der Waals surface area contributed by atoms with E-state index in [1.807, 2.05) is 17.0 Å². The lowest BCUT2D eigenvalue weighted by Crippen LogP contribution is -2.51. The summed E-state index contributed by atoms with van der Waals surface area (Å²) in [6.07, 6.45) is -0.648. The Morgan fingerprint density at radius 1 is 1.03 bits per heavy atom. The summed E-state index contributed by atoms with van der Waals surface area (Å²) in [6, 6.07) is 20.1. The van der Waals surface area contributed by atoms with Crippen molar-refractivity contribution in [3.63, 3.8) is 0 Å². The Labute approximate surface area is 213 Å². The van der Waals surface area contributed by atoms with Gasteiger partial charge in [0.05, 0.1) is 55.7 Å². The second kappa shape index (κ2) is 10.4. The molecule has 0 saturated carbocycles. The van der Waals surface area contributed by atoms with Crippen LogP contribution in [0, 0.1) is 17.1 Å². The lowest BCUT2D eigenvalue weighted by Gasteiger charge is -2.36. The fraction of sp³-hybridized carbons (Fsp3) is 0.250. The molecule has 37 heavy (non-hydrogen) atoms. The molecule has 5 rings (SSSR count). The molecule has 1 saturated heterocycles. The maximum atomic E-state index is 14.3. The van der Waals surface area contributed by atoms with Gasteiger partial charge in [0, 0.05) is 12.2 Å². The van der Waals surface area contributed by atoms with Gasteiger partial charge in [-0.15, -0.1) is 0 Å². The monoisotopic (exact) mass is 501 g/mol. The van der Waals surface area contributed by atoms with Gasteiger partial charge in [0.1, 0.15) is 0 Å². The van der Waals surface area contributed by atoms with Crippen LogP contribution in [0.15, 0.2) is 66.7 Å². The number of benzene rings is 3. The van der Waals surface area contributed by atoms with E-state index in [2.05, 4.69) is 6.07 Å². The normalized spacial score (nSPS) is 18.9. The average molecular weight is 502 g/mol. The molecule has 9 heteroatoms. The second-order valence-electron chi connectivity index (χ2n) is 8.78. The topological polar surface area (TPSA) is 92.1 Å². The first-order chi connectivity index (χ1) is 18.0. The van der Waals surface area contributed by atoms with Crippen molar-refractivity contribution in [1.29, 1.82) is 5.26 Å². The third-order valence-corrected chi connectivity index (χ3v) is 6.46. The standard InChI is InChI=1S/C28H24FN3O5/c1-35-25-11-8-19(12-24(25)29)14-31(20-9-6-18(13-30)7-10-20)15-26-36-16-21(17-37-26)32-27(33)22-4-2-3-5-23(22)28(32)34/h2-12,21,26H,14-17H2,1H3/t21-,26-. The molecule has 0 aromatic heterocycles. The van der Waals surface area contributed by atoms with Crippen LogP contribution in [0.25, 0.3) is 0 Å². The minimum absolute atomic E-state index is 0.133. The van der Waals surface area contributed by atoms with Crippen molar-refractivity contribution in [1.82, 2.24) is 4.90 Å². The van der Waals surface area contributed by atoms with Gasteiger partial charge in [-0.1, -0.05) is 18.2 Å². The van der Waals surface area contributed by atoms with Crippen molar-refractivity contribution in [3.05, 3.63) is 94.8 Å². The van der Waals surface area contributed by atoms with Crippen LogP contribution in [-0.2, 0) is 16.0 Å². The van der Waals surface area contributed by atoms with Crippen molar-refractivity contribution in [2.24, 2.45) is 0 Å². The Bertz CT molecular complexity index is 1330. The van der Waals surface area contributed by atoms with Crippen molar-refractivity contribution in [2.75, 3.05) is 31.8 Å². The highest BCUT2D eigenvalue weighted by atomic mass is 19.1. The molecular formula is C28H24FN3O5. The fourth-order valence-electron chi connectivity index (χ4n) is 4.54. The third kappa shape index (κ3) is 4.89. The Balaban J connectivity index is 1.29. The molecule has 3 aromatic carbocycles. The Hall–Kier alpha value is -4.26. The molecule has 8 nitrogen and oxygen atoms in total. The van der Waals surface area contributed by atoms with Crippen LogP contribution in [0.3, 0.4) is 0 Å². The quantitative estimate of drug-likeness (QED) is 0.456. The van der Waals surface area contributed by atoms with Gasteiger partial charge in [-0.2, -0.15) is 5.26 Å². The largest absolute Gasteiger partial charge is 0.494 e. The van der Waals surface area contributed by atoms with Gasteiger partial charge in [0.15, 0.2) is 17.9 Å². The molecule has 2 heterocycles. The number of ether oxygens (including phenoxy) is 3. The highest BCUT2D eigenvalue weighted by Crippen LogP contribution is 2.28. The molecular weight excluding hydrogens is 477 g/mol. The Kier molecular flexibility index (Phi) is 6.86.